The Morgan fingerprint density at radius 1 is 1.14 bits per heavy atom. The minimum absolute atomic E-state index is 0.198. The number of thiazole rings is 1. The molecule has 6 nitrogen and oxygen atoms in total. The summed E-state index contributed by atoms with van der Waals surface area (Å²) >= 11 is 1.36. The maximum absolute atomic E-state index is 12.9. The molecule has 0 radical (unpaired) electrons. The van der Waals surface area contributed by atoms with Gasteiger partial charge in [-0.05, 0) is 43.7 Å². The topological polar surface area (TPSA) is 82.9 Å². The number of carbonyl (C=O) groups excluding carboxylic acids is 1. The number of aromatic carboxylic acids is 1. The fourth-order valence-electron chi connectivity index (χ4n) is 3.00. The number of hydrogen-bond donors (Lipinski definition) is 1. The lowest BCUT2D eigenvalue weighted by molar-refractivity contribution is -0.114. The summed E-state index contributed by atoms with van der Waals surface area (Å²) in [5.41, 5.74) is 4.91. The number of hydrogen-bond acceptors (Lipinski definition) is 5. The van der Waals surface area contributed by atoms with Crippen LogP contribution >= 0.6 is 11.3 Å². The van der Waals surface area contributed by atoms with Gasteiger partial charge in [0.25, 0.3) is 5.91 Å². The zero-order valence-corrected chi connectivity index (χ0v) is 16.6. The number of carboxylic acid groups (broad SMARTS) is 1. The van der Waals surface area contributed by atoms with Crippen LogP contribution in [0.5, 0.6) is 0 Å². The Bertz CT molecular complexity index is 1180. The molecule has 1 N–H and O–H groups in total. The highest BCUT2D eigenvalue weighted by molar-refractivity contribution is 7.14. The largest absolute Gasteiger partial charge is 0.478 e. The predicted molar refractivity (Wildman–Crippen MR) is 114 cm³/mol. The molecule has 1 aromatic heterocycles. The Morgan fingerprint density at radius 2 is 1.90 bits per heavy atom. The van der Waals surface area contributed by atoms with E-state index in [-0.39, 0.29) is 11.5 Å². The molecule has 0 unspecified atom stereocenters. The number of carboxylic acids is 1. The number of anilines is 1. The molecule has 1 aliphatic heterocycles. The molecule has 0 fully saturated rings. The molecule has 3 aromatic rings. The van der Waals surface area contributed by atoms with E-state index < -0.39 is 5.97 Å². The highest BCUT2D eigenvalue weighted by Crippen LogP contribution is 2.31. The second-order valence-corrected chi connectivity index (χ2v) is 7.51. The molecule has 7 heteroatoms. The van der Waals surface area contributed by atoms with Crippen molar-refractivity contribution in [2.75, 3.05) is 5.01 Å². The van der Waals surface area contributed by atoms with E-state index in [1.165, 1.54) is 28.5 Å². The van der Waals surface area contributed by atoms with Crippen LogP contribution in [0, 0.1) is 6.92 Å². The van der Waals surface area contributed by atoms with E-state index in [4.69, 9.17) is 5.11 Å². The maximum Gasteiger partial charge on any atom is 0.335 e. The summed E-state index contributed by atoms with van der Waals surface area (Å²) in [6.45, 7) is 3.79. The van der Waals surface area contributed by atoms with Crippen LogP contribution in [0.2, 0.25) is 0 Å². The van der Waals surface area contributed by atoms with Gasteiger partial charge in [-0.1, -0.05) is 35.9 Å². The highest BCUT2D eigenvalue weighted by Gasteiger charge is 2.30. The van der Waals surface area contributed by atoms with Crippen LogP contribution in [0.4, 0.5) is 5.13 Å². The Hall–Kier alpha value is -3.58. The third-order valence-corrected chi connectivity index (χ3v) is 5.33. The molecule has 0 bridgehead atoms. The van der Waals surface area contributed by atoms with E-state index in [2.05, 4.69) is 10.1 Å². The SMILES string of the molecule is CC1=NN(c2nc(-c3cccc(C)c3)cs2)C(=O)/C1=C/c1ccc(C(=O)O)cc1. The van der Waals surface area contributed by atoms with Gasteiger partial charge in [0.05, 0.1) is 22.5 Å². The van der Waals surface area contributed by atoms with Gasteiger partial charge in [-0.15, -0.1) is 11.3 Å². The molecule has 1 aliphatic rings. The predicted octanol–water partition coefficient (Wildman–Crippen LogP) is 4.62. The third-order valence-electron chi connectivity index (χ3n) is 4.52. The molecular weight excluding hydrogens is 386 g/mol. The van der Waals surface area contributed by atoms with E-state index in [0.717, 1.165) is 22.4 Å². The smallest absolute Gasteiger partial charge is 0.335 e. The van der Waals surface area contributed by atoms with Crippen LogP contribution in [0.1, 0.15) is 28.4 Å². The highest BCUT2D eigenvalue weighted by atomic mass is 32.1. The van der Waals surface area contributed by atoms with E-state index in [9.17, 15) is 9.59 Å². The Morgan fingerprint density at radius 3 is 2.59 bits per heavy atom. The lowest BCUT2D eigenvalue weighted by atomic mass is 10.1. The summed E-state index contributed by atoms with van der Waals surface area (Å²) in [7, 11) is 0. The van der Waals surface area contributed by atoms with Crippen molar-refractivity contribution < 1.29 is 14.7 Å². The van der Waals surface area contributed by atoms with Gasteiger partial charge in [0.15, 0.2) is 0 Å². The summed E-state index contributed by atoms with van der Waals surface area (Å²) in [5.74, 6) is -1.24. The van der Waals surface area contributed by atoms with Crippen LogP contribution < -0.4 is 5.01 Å². The Kier molecular flexibility index (Phi) is 4.82. The first-order chi connectivity index (χ1) is 13.9. The number of nitrogens with zero attached hydrogens (tertiary/aromatic N) is 3. The number of aryl methyl sites for hydroxylation is 1. The van der Waals surface area contributed by atoms with Crippen LogP contribution in [0.3, 0.4) is 0 Å². The lowest BCUT2D eigenvalue weighted by Gasteiger charge is -2.07. The number of benzene rings is 2. The second-order valence-electron chi connectivity index (χ2n) is 6.67. The van der Waals surface area contributed by atoms with Gasteiger partial charge in [-0.3, -0.25) is 4.79 Å². The van der Waals surface area contributed by atoms with Gasteiger partial charge in [0.1, 0.15) is 0 Å². The van der Waals surface area contributed by atoms with Crippen molar-refractivity contribution in [1.29, 1.82) is 0 Å². The molecule has 0 atom stereocenters. The average molecular weight is 403 g/mol. The molecule has 0 saturated heterocycles. The van der Waals surface area contributed by atoms with Gasteiger partial charge in [0.2, 0.25) is 5.13 Å². The molecule has 1 amide bonds. The molecule has 144 valence electrons. The molecular formula is C22H17N3O3S. The first-order valence-corrected chi connectivity index (χ1v) is 9.78. The molecule has 29 heavy (non-hydrogen) atoms. The number of rotatable bonds is 4. The number of amides is 1. The van der Waals surface area contributed by atoms with E-state index >= 15 is 0 Å². The van der Waals surface area contributed by atoms with Crippen molar-refractivity contribution in [2.24, 2.45) is 5.10 Å². The minimum Gasteiger partial charge on any atom is -0.478 e. The van der Waals surface area contributed by atoms with Crippen molar-refractivity contribution in [1.82, 2.24) is 4.98 Å². The number of carbonyl (C=O) groups is 2. The quantitative estimate of drug-likeness (QED) is 0.644. The average Bonchev–Trinajstić information content (AvgIpc) is 3.29. The molecule has 0 aliphatic carbocycles. The maximum atomic E-state index is 12.9. The van der Waals surface area contributed by atoms with Crippen LogP contribution in [-0.2, 0) is 4.79 Å². The van der Waals surface area contributed by atoms with Gasteiger partial charge >= 0.3 is 5.97 Å². The van der Waals surface area contributed by atoms with Crippen LogP contribution in [-0.4, -0.2) is 27.7 Å². The minimum atomic E-state index is -0.988. The van der Waals surface area contributed by atoms with Crippen molar-refractivity contribution in [3.8, 4) is 11.3 Å². The zero-order valence-electron chi connectivity index (χ0n) is 15.8. The van der Waals surface area contributed by atoms with Crippen molar-refractivity contribution >= 4 is 40.1 Å². The van der Waals surface area contributed by atoms with E-state index in [0.29, 0.717) is 16.4 Å². The number of hydrazone groups is 1. The summed E-state index contributed by atoms with van der Waals surface area (Å²) in [6.07, 6.45) is 1.71. The normalized spacial score (nSPS) is 15.1. The van der Waals surface area contributed by atoms with Crippen molar-refractivity contribution in [2.45, 2.75) is 13.8 Å². The number of aromatic nitrogens is 1. The van der Waals surface area contributed by atoms with Crippen LogP contribution in [0.25, 0.3) is 17.3 Å². The van der Waals surface area contributed by atoms with Gasteiger partial charge in [-0.25, -0.2) is 9.78 Å². The summed E-state index contributed by atoms with van der Waals surface area (Å²) in [6, 6.07) is 14.4. The van der Waals surface area contributed by atoms with Gasteiger partial charge < -0.3 is 5.11 Å². The lowest BCUT2D eigenvalue weighted by Crippen LogP contribution is -2.21. The molecule has 2 aromatic carbocycles. The van der Waals surface area contributed by atoms with Crippen molar-refractivity contribution in [3.05, 3.63) is 76.2 Å². The molecule has 0 saturated carbocycles. The summed E-state index contributed by atoms with van der Waals surface area (Å²) < 4.78 is 0. The second kappa shape index (κ2) is 7.44. The van der Waals surface area contributed by atoms with Crippen molar-refractivity contribution in [3.63, 3.8) is 0 Å². The standard InChI is InChI=1S/C22H17N3O3S/c1-13-4-3-5-17(10-13)19-12-29-22(23-19)25-20(26)18(14(2)24-25)11-15-6-8-16(9-7-15)21(27)28/h3-12H,1-2H3,(H,27,28)/b18-11+. The Balaban J connectivity index is 1.60. The summed E-state index contributed by atoms with van der Waals surface area (Å²) in [5, 5.41) is 17.1. The fourth-order valence-corrected chi connectivity index (χ4v) is 3.78. The summed E-state index contributed by atoms with van der Waals surface area (Å²) in [4.78, 5) is 28.5. The first-order valence-electron chi connectivity index (χ1n) is 8.90. The fraction of sp³-hybridized carbons (Fsp3) is 0.0909. The van der Waals surface area contributed by atoms with Gasteiger partial charge in [-0.2, -0.15) is 10.1 Å². The molecule has 4 rings (SSSR count). The first kappa shape index (κ1) is 18.8. The van der Waals surface area contributed by atoms with Gasteiger partial charge in [0, 0.05) is 10.9 Å². The Labute approximate surface area is 171 Å². The molecule has 0 spiro atoms. The molecule has 2 heterocycles. The van der Waals surface area contributed by atoms with Crippen LogP contribution in [0.15, 0.2) is 64.6 Å². The zero-order chi connectivity index (χ0) is 20.5. The third kappa shape index (κ3) is 3.72. The van der Waals surface area contributed by atoms with E-state index in [1.807, 2.05) is 36.6 Å². The van der Waals surface area contributed by atoms with E-state index in [1.54, 1.807) is 25.1 Å². The monoisotopic (exact) mass is 403 g/mol.